The summed E-state index contributed by atoms with van der Waals surface area (Å²) in [5.74, 6) is -1.78. The topological polar surface area (TPSA) is 76.7 Å². The highest BCUT2D eigenvalue weighted by Crippen LogP contribution is 2.37. The minimum atomic E-state index is -0.660. The molecule has 1 aromatic rings. The maximum atomic E-state index is 12.1. The van der Waals surface area contributed by atoms with Gasteiger partial charge >= 0.3 is 11.8 Å². The molecule has 0 radical (unpaired) electrons. The molecule has 1 atom stereocenters. The molecule has 2 amide bonds. The van der Waals surface area contributed by atoms with Gasteiger partial charge in [0.25, 0.3) is 0 Å². The fourth-order valence-electron chi connectivity index (χ4n) is 3.49. The highest BCUT2D eigenvalue weighted by atomic mass is 16.7. The number of anilines is 1. The summed E-state index contributed by atoms with van der Waals surface area (Å²) in [6, 6.07) is 7.47. The number of hydrogen-bond acceptors (Lipinski definition) is 4. The van der Waals surface area contributed by atoms with Gasteiger partial charge in [-0.3, -0.25) is 9.59 Å². The summed E-state index contributed by atoms with van der Waals surface area (Å²) in [6.45, 7) is 2.74. The molecule has 1 spiro atoms. The predicted octanol–water partition coefficient (Wildman–Crippen LogP) is 2.38. The van der Waals surface area contributed by atoms with Gasteiger partial charge in [0.1, 0.15) is 6.10 Å². The molecule has 6 heteroatoms. The highest BCUT2D eigenvalue weighted by molar-refractivity contribution is 6.39. The number of rotatable bonds is 4. The number of amides is 2. The largest absolute Gasteiger partial charge is 0.347 e. The third kappa shape index (κ3) is 4.38. The summed E-state index contributed by atoms with van der Waals surface area (Å²) in [6.07, 6.45) is 5.84. The lowest BCUT2D eigenvalue weighted by Gasteiger charge is -2.31. The van der Waals surface area contributed by atoms with Crippen LogP contribution in [0.1, 0.15) is 44.6 Å². The predicted molar refractivity (Wildman–Crippen MR) is 94.1 cm³/mol. The number of ether oxygens (including phenoxy) is 2. The van der Waals surface area contributed by atoms with Crippen molar-refractivity contribution < 1.29 is 19.1 Å². The monoisotopic (exact) mass is 346 g/mol. The molecular formula is C19H26N2O4. The molecule has 25 heavy (non-hydrogen) atoms. The van der Waals surface area contributed by atoms with Crippen LogP contribution in [0.2, 0.25) is 0 Å². The quantitative estimate of drug-likeness (QED) is 0.821. The van der Waals surface area contributed by atoms with Crippen LogP contribution >= 0.6 is 0 Å². The molecule has 6 nitrogen and oxygen atoms in total. The van der Waals surface area contributed by atoms with E-state index in [9.17, 15) is 9.59 Å². The molecule has 1 aromatic carbocycles. The Morgan fingerprint density at radius 3 is 2.68 bits per heavy atom. The Kier molecular flexibility index (Phi) is 5.71. The second kappa shape index (κ2) is 7.97. The summed E-state index contributed by atoms with van der Waals surface area (Å²) in [5.41, 5.74) is 1.67. The van der Waals surface area contributed by atoms with E-state index in [-0.39, 0.29) is 12.6 Å². The fraction of sp³-hybridized carbons (Fsp3) is 0.579. The van der Waals surface area contributed by atoms with E-state index in [1.807, 2.05) is 25.1 Å². The zero-order valence-electron chi connectivity index (χ0n) is 14.7. The van der Waals surface area contributed by atoms with Crippen LogP contribution < -0.4 is 10.6 Å². The Morgan fingerprint density at radius 2 is 1.92 bits per heavy atom. The second-order valence-corrected chi connectivity index (χ2v) is 6.70. The number of hydrogen-bond donors (Lipinski definition) is 2. The Labute approximate surface area is 148 Å². The number of aryl methyl sites for hydroxylation is 1. The van der Waals surface area contributed by atoms with Crippen molar-refractivity contribution >= 4 is 17.5 Å². The Bertz CT molecular complexity index is 626. The summed E-state index contributed by atoms with van der Waals surface area (Å²) in [4.78, 5) is 24.1. The first-order valence-electron chi connectivity index (χ1n) is 9.11. The van der Waals surface area contributed by atoms with Crippen molar-refractivity contribution in [1.29, 1.82) is 0 Å². The molecule has 1 aliphatic heterocycles. The van der Waals surface area contributed by atoms with Crippen LogP contribution in [0.3, 0.4) is 0 Å². The van der Waals surface area contributed by atoms with E-state index >= 15 is 0 Å². The van der Waals surface area contributed by atoms with Crippen LogP contribution in [-0.2, 0) is 25.5 Å². The van der Waals surface area contributed by atoms with Crippen molar-refractivity contribution in [2.75, 3.05) is 18.5 Å². The molecule has 1 saturated carbocycles. The highest BCUT2D eigenvalue weighted by Gasteiger charge is 2.42. The summed E-state index contributed by atoms with van der Waals surface area (Å²) < 4.78 is 11.8. The lowest BCUT2D eigenvalue weighted by atomic mass is 9.94. The van der Waals surface area contributed by atoms with Crippen molar-refractivity contribution in [3.05, 3.63) is 29.8 Å². The molecule has 0 bridgehead atoms. The molecule has 136 valence electrons. The summed E-state index contributed by atoms with van der Waals surface area (Å²) >= 11 is 0. The average molecular weight is 346 g/mol. The minimum Gasteiger partial charge on any atom is -0.347 e. The fourth-order valence-corrected chi connectivity index (χ4v) is 3.49. The molecule has 1 heterocycles. The van der Waals surface area contributed by atoms with E-state index in [1.165, 1.54) is 6.42 Å². The van der Waals surface area contributed by atoms with Gasteiger partial charge in [0.05, 0.1) is 6.61 Å². The third-order valence-corrected chi connectivity index (χ3v) is 4.87. The van der Waals surface area contributed by atoms with Crippen LogP contribution in [0.4, 0.5) is 5.69 Å². The van der Waals surface area contributed by atoms with Gasteiger partial charge in [-0.05, 0) is 30.9 Å². The summed E-state index contributed by atoms with van der Waals surface area (Å²) in [5, 5.41) is 5.32. The number of benzene rings is 1. The first kappa shape index (κ1) is 17.9. The lowest BCUT2D eigenvalue weighted by Crippen LogP contribution is -2.41. The van der Waals surface area contributed by atoms with Gasteiger partial charge in [-0.2, -0.15) is 0 Å². The van der Waals surface area contributed by atoms with Crippen molar-refractivity contribution in [3.63, 3.8) is 0 Å². The maximum Gasteiger partial charge on any atom is 0.313 e. The molecule has 0 aromatic heterocycles. The van der Waals surface area contributed by atoms with Crippen LogP contribution in [0.15, 0.2) is 24.3 Å². The van der Waals surface area contributed by atoms with Gasteiger partial charge in [0, 0.05) is 25.1 Å². The van der Waals surface area contributed by atoms with E-state index in [0.717, 1.165) is 37.7 Å². The number of carbonyl (C=O) groups is 2. The molecule has 2 N–H and O–H groups in total. The standard InChI is InChI=1S/C19H26N2O4/c1-2-14-8-4-5-9-16(14)21-18(23)17(22)20-12-15-13-24-19(25-15)10-6-3-7-11-19/h4-5,8-9,15H,2-3,6-7,10-13H2,1H3,(H,20,22)(H,21,23)/t15-/m1/s1. The number of nitrogens with one attached hydrogen (secondary N) is 2. The van der Waals surface area contributed by atoms with E-state index in [2.05, 4.69) is 10.6 Å². The van der Waals surface area contributed by atoms with Crippen LogP contribution in [-0.4, -0.2) is 36.9 Å². The van der Waals surface area contributed by atoms with Gasteiger partial charge in [0.2, 0.25) is 0 Å². The second-order valence-electron chi connectivity index (χ2n) is 6.70. The normalized spacial score (nSPS) is 21.9. The summed E-state index contributed by atoms with van der Waals surface area (Å²) in [7, 11) is 0. The van der Waals surface area contributed by atoms with E-state index in [4.69, 9.17) is 9.47 Å². The third-order valence-electron chi connectivity index (χ3n) is 4.87. The number of carbonyl (C=O) groups excluding carboxylic acids is 2. The molecule has 1 saturated heterocycles. The van der Waals surface area contributed by atoms with E-state index in [1.54, 1.807) is 6.07 Å². The van der Waals surface area contributed by atoms with Gasteiger partial charge in [-0.25, -0.2) is 0 Å². The number of para-hydroxylation sites is 1. The van der Waals surface area contributed by atoms with Crippen LogP contribution in [0, 0.1) is 0 Å². The zero-order valence-corrected chi connectivity index (χ0v) is 14.7. The molecule has 0 unspecified atom stereocenters. The van der Waals surface area contributed by atoms with Crippen molar-refractivity contribution in [2.45, 2.75) is 57.3 Å². The first-order valence-corrected chi connectivity index (χ1v) is 9.11. The van der Waals surface area contributed by atoms with E-state index in [0.29, 0.717) is 12.3 Å². The molecule has 1 aliphatic carbocycles. The smallest absolute Gasteiger partial charge is 0.313 e. The first-order chi connectivity index (χ1) is 12.1. The van der Waals surface area contributed by atoms with Gasteiger partial charge in [0.15, 0.2) is 5.79 Å². The van der Waals surface area contributed by atoms with Crippen molar-refractivity contribution in [3.8, 4) is 0 Å². The SMILES string of the molecule is CCc1ccccc1NC(=O)C(=O)NC[C@@H]1COC2(CCCCC2)O1. The lowest BCUT2D eigenvalue weighted by molar-refractivity contribution is -0.186. The van der Waals surface area contributed by atoms with Crippen molar-refractivity contribution in [1.82, 2.24) is 5.32 Å². The Balaban J connectivity index is 1.47. The van der Waals surface area contributed by atoms with Gasteiger partial charge in [-0.15, -0.1) is 0 Å². The van der Waals surface area contributed by atoms with Crippen LogP contribution in [0.25, 0.3) is 0 Å². The molecule has 2 aliphatic rings. The Hall–Kier alpha value is -1.92. The van der Waals surface area contributed by atoms with Gasteiger partial charge < -0.3 is 20.1 Å². The van der Waals surface area contributed by atoms with Crippen LogP contribution in [0.5, 0.6) is 0 Å². The zero-order chi connectivity index (χ0) is 17.7. The molecular weight excluding hydrogens is 320 g/mol. The van der Waals surface area contributed by atoms with Gasteiger partial charge in [-0.1, -0.05) is 31.5 Å². The average Bonchev–Trinajstić information content (AvgIpc) is 3.03. The minimum absolute atomic E-state index is 0.197. The molecule has 2 fully saturated rings. The van der Waals surface area contributed by atoms with Crippen molar-refractivity contribution in [2.24, 2.45) is 0 Å². The van der Waals surface area contributed by atoms with E-state index < -0.39 is 17.6 Å². The molecule has 3 rings (SSSR count). The Morgan fingerprint density at radius 1 is 1.16 bits per heavy atom. The maximum absolute atomic E-state index is 12.1.